The summed E-state index contributed by atoms with van der Waals surface area (Å²) in [6.45, 7) is 2.03. The highest BCUT2D eigenvalue weighted by Gasteiger charge is 2.14. The minimum absolute atomic E-state index is 0.571. The minimum Gasteiger partial charge on any atom is -0.495 e. The van der Waals surface area contributed by atoms with Crippen molar-refractivity contribution in [2.24, 2.45) is 0 Å². The average Bonchev–Trinajstić information content (AvgIpc) is 2.62. The molecule has 0 saturated heterocycles. The maximum atomic E-state index is 6.13. The smallest absolute Gasteiger partial charge is 0.143 e. The van der Waals surface area contributed by atoms with E-state index in [2.05, 4.69) is 11.4 Å². The molecule has 0 bridgehead atoms. The minimum atomic E-state index is 0.571. The first-order chi connectivity index (χ1) is 8.70. The highest BCUT2D eigenvalue weighted by Crippen LogP contribution is 2.32. The molecule has 0 atom stereocenters. The largest absolute Gasteiger partial charge is 0.495 e. The quantitative estimate of drug-likeness (QED) is 0.795. The van der Waals surface area contributed by atoms with Gasteiger partial charge in [-0.25, -0.2) is 0 Å². The summed E-state index contributed by atoms with van der Waals surface area (Å²) >= 11 is 6.13. The molecule has 1 aliphatic carbocycles. The van der Waals surface area contributed by atoms with Gasteiger partial charge in [-0.1, -0.05) is 37.3 Å². The number of aryl methyl sites for hydroxylation is 1. The van der Waals surface area contributed by atoms with E-state index in [0.29, 0.717) is 6.04 Å². The Kier molecular flexibility index (Phi) is 4.76. The summed E-state index contributed by atoms with van der Waals surface area (Å²) in [4.78, 5) is 0. The molecule has 1 saturated carbocycles. The molecule has 0 heterocycles. The van der Waals surface area contributed by atoms with Gasteiger partial charge in [0.05, 0.1) is 12.8 Å². The van der Waals surface area contributed by atoms with Crippen LogP contribution in [0.1, 0.15) is 44.1 Å². The van der Waals surface area contributed by atoms with Crippen molar-refractivity contribution < 1.29 is 4.74 Å². The molecule has 1 fully saturated rings. The zero-order valence-corrected chi connectivity index (χ0v) is 12.0. The third-order valence-electron chi connectivity index (χ3n) is 3.70. The van der Waals surface area contributed by atoms with Gasteiger partial charge in [-0.15, -0.1) is 0 Å². The second kappa shape index (κ2) is 6.33. The van der Waals surface area contributed by atoms with Crippen LogP contribution in [0.3, 0.4) is 0 Å². The Bertz CT molecular complexity index is 398. The normalized spacial score (nSPS) is 17.3. The first kappa shape index (κ1) is 13.5. The highest BCUT2D eigenvalue weighted by atomic mass is 35.5. The number of anilines is 1. The average molecular weight is 268 g/mol. The van der Waals surface area contributed by atoms with Crippen molar-refractivity contribution in [2.75, 3.05) is 12.4 Å². The molecule has 0 radical (unpaired) electrons. The van der Waals surface area contributed by atoms with Gasteiger partial charge < -0.3 is 10.1 Å². The van der Waals surface area contributed by atoms with Crippen molar-refractivity contribution in [1.29, 1.82) is 0 Å². The van der Waals surface area contributed by atoms with Crippen molar-refractivity contribution in [3.05, 3.63) is 22.7 Å². The van der Waals surface area contributed by atoms with E-state index in [1.165, 1.54) is 38.5 Å². The van der Waals surface area contributed by atoms with Gasteiger partial charge in [0.25, 0.3) is 0 Å². The van der Waals surface area contributed by atoms with E-state index >= 15 is 0 Å². The molecule has 2 rings (SSSR count). The lowest BCUT2D eigenvalue weighted by atomic mass is 10.1. The van der Waals surface area contributed by atoms with Gasteiger partial charge in [0, 0.05) is 17.1 Å². The summed E-state index contributed by atoms with van der Waals surface area (Å²) in [5.74, 6) is 0.842. The summed E-state index contributed by atoms with van der Waals surface area (Å²) in [5.41, 5.74) is 2.17. The third-order valence-corrected chi connectivity index (χ3v) is 4.10. The Morgan fingerprint density at radius 3 is 2.44 bits per heavy atom. The van der Waals surface area contributed by atoms with E-state index in [4.69, 9.17) is 16.3 Å². The summed E-state index contributed by atoms with van der Waals surface area (Å²) in [7, 11) is 1.69. The number of halogens is 1. The van der Waals surface area contributed by atoms with E-state index in [1.54, 1.807) is 7.11 Å². The summed E-state index contributed by atoms with van der Waals surface area (Å²) in [6, 6.07) is 4.56. The van der Waals surface area contributed by atoms with Gasteiger partial charge in [-0.2, -0.15) is 0 Å². The van der Waals surface area contributed by atoms with Crippen molar-refractivity contribution in [1.82, 2.24) is 0 Å². The monoisotopic (exact) mass is 267 g/mol. The molecule has 0 aliphatic heterocycles. The molecule has 1 aromatic carbocycles. The number of hydrogen-bond donors (Lipinski definition) is 1. The van der Waals surface area contributed by atoms with Crippen LogP contribution in [0.15, 0.2) is 12.1 Å². The second-order valence-electron chi connectivity index (χ2n) is 5.13. The van der Waals surface area contributed by atoms with E-state index in [1.807, 2.05) is 13.0 Å². The van der Waals surface area contributed by atoms with Crippen LogP contribution < -0.4 is 10.1 Å². The number of benzene rings is 1. The van der Waals surface area contributed by atoms with Gasteiger partial charge in [0.1, 0.15) is 5.75 Å². The van der Waals surface area contributed by atoms with Crippen LogP contribution in [0.25, 0.3) is 0 Å². The molecule has 2 nitrogen and oxygen atoms in total. The van der Waals surface area contributed by atoms with Gasteiger partial charge in [-0.3, -0.25) is 0 Å². The lowest BCUT2D eigenvalue weighted by molar-refractivity contribution is 0.415. The topological polar surface area (TPSA) is 21.3 Å². The molecule has 0 aromatic heterocycles. The molecule has 100 valence electrons. The standard InChI is InChI=1S/C15H22ClNO/c1-11-9-14(15(18-2)10-13(11)16)17-12-7-5-3-4-6-8-12/h9-10,12,17H,3-8H2,1-2H3. The molecule has 18 heavy (non-hydrogen) atoms. The zero-order valence-electron chi connectivity index (χ0n) is 11.3. The first-order valence-electron chi connectivity index (χ1n) is 6.81. The first-order valence-corrected chi connectivity index (χ1v) is 7.19. The van der Waals surface area contributed by atoms with E-state index < -0.39 is 0 Å². The fourth-order valence-corrected chi connectivity index (χ4v) is 2.74. The van der Waals surface area contributed by atoms with E-state index in [-0.39, 0.29) is 0 Å². The number of ether oxygens (including phenoxy) is 1. The van der Waals surface area contributed by atoms with Crippen LogP contribution in [-0.4, -0.2) is 13.2 Å². The summed E-state index contributed by atoms with van der Waals surface area (Å²) in [5, 5.41) is 4.39. The lowest BCUT2D eigenvalue weighted by Crippen LogP contribution is -2.18. The highest BCUT2D eigenvalue weighted by molar-refractivity contribution is 6.31. The molecule has 3 heteroatoms. The van der Waals surface area contributed by atoms with E-state index in [0.717, 1.165) is 22.0 Å². The van der Waals surface area contributed by atoms with Crippen molar-refractivity contribution in [3.8, 4) is 5.75 Å². The van der Waals surface area contributed by atoms with Crippen LogP contribution in [0.5, 0.6) is 5.75 Å². The SMILES string of the molecule is COc1cc(Cl)c(C)cc1NC1CCCCCC1. The van der Waals surface area contributed by atoms with Crippen LogP contribution >= 0.6 is 11.6 Å². The molecule has 0 unspecified atom stereocenters. The maximum Gasteiger partial charge on any atom is 0.143 e. The lowest BCUT2D eigenvalue weighted by Gasteiger charge is -2.20. The summed E-state index contributed by atoms with van der Waals surface area (Å²) < 4.78 is 5.41. The van der Waals surface area contributed by atoms with Gasteiger partial charge >= 0.3 is 0 Å². The molecule has 0 spiro atoms. The van der Waals surface area contributed by atoms with Gasteiger partial charge in [0.15, 0.2) is 0 Å². The fourth-order valence-electron chi connectivity index (χ4n) is 2.59. The van der Waals surface area contributed by atoms with Crippen LogP contribution in [-0.2, 0) is 0 Å². The fraction of sp³-hybridized carbons (Fsp3) is 0.600. The number of nitrogens with one attached hydrogen (secondary N) is 1. The van der Waals surface area contributed by atoms with Crippen molar-refractivity contribution >= 4 is 17.3 Å². The Morgan fingerprint density at radius 2 is 1.83 bits per heavy atom. The Hall–Kier alpha value is -0.890. The van der Waals surface area contributed by atoms with Gasteiger partial charge in [0.2, 0.25) is 0 Å². The molecule has 1 aliphatic rings. The molecular formula is C15H22ClNO. The molecule has 1 aromatic rings. The zero-order chi connectivity index (χ0) is 13.0. The Labute approximate surface area is 115 Å². The van der Waals surface area contributed by atoms with Crippen LogP contribution in [0.2, 0.25) is 5.02 Å². The predicted octanol–water partition coefficient (Wildman–Crippen LogP) is 4.79. The number of hydrogen-bond acceptors (Lipinski definition) is 2. The van der Waals surface area contributed by atoms with Crippen LogP contribution in [0, 0.1) is 6.92 Å². The van der Waals surface area contributed by atoms with Crippen molar-refractivity contribution in [3.63, 3.8) is 0 Å². The van der Waals surface area contributed by atoms with Gasteiger partial charge in [-0.05, 0) is 31.4 Å². The third kappa shape index (κ3) is 3.32. The number of methoxy groups -OCH3 is 1. The van der Waals surface area contributed by atoms with Crippen LogP contribution in [0.4, 0.5) is 5.69 Å². The molecule has 0 amide bonds. The Balaban J connectivity index is 2.14. The van der Waals surface area contributed by atoms with E-state index in [9.17, 15) is 0 Å². The molecular weight excluding hydrogens is 246 g/mol. The summed E-state index contributed by atoms with van der Waals surface area (Å²) in [6.07, 6.45) is 7.90. The maximum absolute atomic E-state index is 6.13. The predicted molar refractivity (Wildman–Crippen MR) is 77.9 cm³/mol. The van der Waals surface area contributed by atoms with Crippen molar-refractivity contribution in [2.45, 2.75) is 51.5 Å². The molecule has 1 N–H and O–H groups in total. The number of rotatable bonds is 3. The Morgan fingerprint density at radius 1 is 1.17 bits per heavy atom. The second-order valence-corrected chi connectivity index (χ2v) is 5.54.